The van der Waals surface area contributed by atoms with Crippen molar-refractivity contribution in [3.63, 3.8) is 0 Å². The first-order chi connectivity index (χ1) is 11.0. The highest BCUT2D eigenvalue weighted by atomic mass is 16.2. The van der Waals surface area contributed by atoms with Crippen molar-refractivity contribution in [2.75, 3.05) is 18.0 Å². The van der Waals surface area contributed by atoms with Crippen LogP contribution in [0.5, 0.6) is 0 Å². The molecule has 0 spiro atoms. The molecule has 0 radical (unpaired) electrons. The van der Waals surface area contributed by atoms with Crippen LogP contribution in [0.1, 0.15) is 28.8 Å². The van der Waals surface area contributed by atoms with Crippen LogP contribution >= 0.6 is 0 Å². The Hall–Kier alpha value is -2.70. The molecule has 2 saturated heterocycles. The van der Waals surface area contributed by atoms with Crippen LogP contribution in [0.3, 0.4) is 0 Å². The van der Waals surface area contributed by atoms with E-state index in [9.17, 15) is 19.2 Å². The minimum atomic E-state index is -0.596. The van der Waals surface area contributed by atoms with Crippen LogP contribution in [0.15, 0.2) is 18.2 Å². The van der Waals surface area contributed by atoms with E-state index in [2.05, 4.69) is 5.32 Å². The number of hydrogen-bond acceptors (Lipinski definition) is 5. The van der Waals surface area contributed by atoms with Gasteiger partial charge in [-0.05, 0) is 30.2 Å². The smallest absolute Gasteiger partial charge is 0.255 e. The van der Waals surface area contributed by atoms with Crippen molar-refractivity contribution in [3.05, 3.63) is 29.3 Å². The molecule has 7 heteroatoms. The first kappa shape index (κ1) is 13.9. The van der Waals surface area contributed by atoms with Gasteiger partial charge in [0.15, 0.2) is 5.78 Å². The number of rotatable bonds is 2. The van der Waals surface area contributed by atoms with Crippen molar-refractivity contribution >= 4 is 29.2 Å². The molecule has 1 unspecified atom stereocenters. The molecule has 0 saturated carbocycles. The number of benzene rings is 1. The van der Waals surface area contributed by atoms with Crippen LogP contribution in [-0.4, -0.2) is 47.5 Å². The summed E-state index contributed by atoms with van der Waals surface area (Å²) < 4.78 is 0. The van der Waals surface area contributed by atoms with E-state index < -0.39 is 11.9 Å². The Kier molecular flexibility index (Phi) is 2.97. The zero-order chi connectivity index (χ0) is 16.1. The molecule has 0 bridgehead atoms. The molecule has 7 nitrogen and oxygen atoms in total. The van der Waals surface area contributed by atoms with E-state index in [1.54, 1.807) is 6.07 Å². The van der Waals surface area contributed by atoms with E-state index in [4.69, 9.17) is 0 Å². The van der Waals surface area contributed by atoms with Crippen LogP contribution in [-0.2, 0) is 20.9 Å². The number of ketones is 1. The zero-order valence-corrected chi connectivity index (χ0v) is 12.4. The average molecular weight is 313 g/mol. The van der Waals surface area contributed by atoms with Crippen molar-refractivity contribution in [1.82, 2.24) is 10.2 Å². The lowest BCUT2D eigenvalue weighted by molar-refractivity contribution is -0.137. The molecule has 3 amide bonds. The first-order valence-electron chi connectivity index (χ1n) is 7.57. The normalized spacial score (nSPS) is 23.7. The molecule has 2 fully saturated rings. The molecule has 3 heterocycles. The van der Waals surface area contributed by atoms with Crippen molar-refractivity contribution in [3.8, 4) is 0 Å². The minimum Gasteiger partial charge on any atom is -0.357 e. The van der Waals surface area contributed by atoms with Crippen molar-refractivity contribution in [1.29, 1.82) is 0 Å². The fourth-order valence-electron chi connectivity index (χ4n) is 3.32. The standard InChI is InChI=1S/C16H15N3O4/c20-11-7-18(8-11)10-1-2-12-9(5-10)6-19(16(12)23)13-3-4-14(21)17-15(13)22/h1-2,5,13H,3-4,6-8H2,(H,17,21,22). The van der Waals surface area contributed by atoms with Gasteiger partial charge in [0, 0.05) is 24.2 Å². The Morgan fingerprint density at radius 3 is 2.52 bits per heavy atom. The van der Waals surface area contributed by atoms with Crippen LogP contribution in [0, 0.1) is 0 Å². The van der Waals surface area contributed by atoms with Crippen molar-refractivity contribution in [2.24, 2.45) is 0 Å². The van der Waals surface area contributed by atoms with Crippen molar-refractivity contribution in [2.45, 2.75) is 25.4 Å². The summed E-state index contributed by atoms with van der Waals surface area (Å²) in [4.78, 5) is 50.4. The second-order valence-electron chi connectivity index (χ2n) is 6.14. The second-order valence-corrected chi connectivity index (χ2v) is 6.14. The fraction of sp³-hybridized carbons (Fsp3) is 0.375. The van der Waals surface area contributed by atoms with Crippen LogP contribution in [0.2, 0.25) is 0 Å². The molecule has 1 atom stereocenters. The molecule has 1 aromatic rings. The summed E-state index contributed by atoms with van der Waals surface area (Å²) in [6, 6.07) is 4.89. The molecule has 1 aromatic carbocycles. The van der Waals surface area contributed by atoms with Gasteiger partial charge >= 0.3 is 0 Å². The van der Waals surface area contributed by atoms with Crippen LogP contribution < -0.4 is 10.2 Å². The van der Waals surface area contributed by atoms with Gasteiger partial charge in [0.1, 0.15) is 6.04 Å². The molecule has 3 aliphatic rings. The first-order valence-corrected chi connectivity index (χ1v) is 7.57. The Bertz CT molecular complexity index is 750. The Balaban J connectivity index is 1.57. The summed E-state index contributed by atoms with van der Waals surface area (Å²) in [5.74, 6) is -0.677. The SMILES string of the molecule is O=C1CN(c2ccc3c(c2)CN(C2CCC(=O)NC2=O)C3=O)C1. The van der Waals surface area contributed by atoms with E-state index in [0.29, 0.717) is 31.6 Å². The lowest BCUT2D eigenvalue weighted by atomic mass is 10.0. The van der Waals surface area contributed by atoms with Gasteiger partial charge in [-0.15, -0.1) is 0 Å². The fourth-order valence-corrected chi connectivity index (χ4v) is 3.32. The highest BCUT2D eigenvalue weighted by Gasteiger charge is 2.39. The number of carbonyl (C=O) groups excluding carboxylic acids is 4. The molecule has 0 aliphatic carbocycles. The van der Waals surface area contributed by atoms with Gasteiger partial charge in [-0.3, -0.25) is 24.5 Å². The molecule has 118 valence electrons. The number of hydrogen-bond donors (Lipinski definition) is 1. The maximum absolute atomic E-state index is 12.5. The monoisotopic (exact) mass is 313 g/mol. The molecule has 0 aromatic heterocycles. The Labute approximate surface area is 132 Å². The molecular formula is C16H15N3O4. The highest BCUT2D eigenvalue weighted by molar-refractivity contribution is 6.05. The summed E-state index contributed by atoms with van der Waals surface area (Å²) in [6.45, 7) is 1.17. The molecular weight excluding hydrogens is 298 g/mol. The van der Waals surface area contributed by atoms with E-state index in [0.717, 1.165) is 11.3 Å². The predicted molar refractivity (Wildman–Crippen MR) is 79.7 cm³/mol. The highest BCUT2D eigenvalue weighted by Crippen LogP contribution is 2.31. The summed E-state index contributed by atoms with van der Waals surface area (Å²) >= 11 is 0. The van der Waals surface area contributed by atoms with Gasteiger partial charge in [-0.2, -0.15) is 0 Å². The summed E-state index contributed by atoms with van der Waals surface area (Å²) in [7, 11) is 0. The van der Waals surface area contributed by atoms with E-state index in [1.807, 2.05) is 17.0 Å². The molecule has 3 aliphatic heterocycles. The molecule has 1 N–H and O–H groups in total. The number of piperidine rings is 1. The average Bonchev–Trinajstić information content (AvgIpc) is 2.80. The third kappa shape index (κ3) is 2.19. The van der Waals surface area contributed by atoms with Gasteiger partial charge in [-0.1, -0.05) is 0 Å². The van der Waals surface area contributed by atoms with Crippen molar-refractivity contribution < 1.29 is 19.2 Å². The number of imide groups is 1. The summed E-state index contributed by atoms with van der Waals surface area (Å²) in [6.07, 6.45) is 0.607. The number of nitrogens with one attached hydrogen (secondary N) is 1. The summed E-state index contributed by atoms with van der Waals surface area (Å²) in [5, 5.41) is 2.29. The minimum absolute atomic E-state index is 0.180. The Morgan fingerprint density at radius 1 is 1.04 bits per heavy atom. The molecule has 23 heavy (non-hydrogen) atoms. The number of carbonyl (C=O) groups is 4. The third-order valence-electron chi connectivity index (χ3n) is 4.61. The van der Waals surface area contributed by atoms with Gasteiger partial charge in [-0.25, -0.2) is 0 Å². The van der Waals surface area contributed by atoms with Crippen LogP contribution in [0.4, 0.5) is 5.69 Å². The van der Waals surface area contributed by atoms with Gasteiger partial charge in [0.05, 0.1) is 13.1 Å². The molecule has 4 rings (SSSR count). The number of nitrogens with zero attached hydrogens (tertiary/aromatic N) is 2. The van der Waals surface area contributed by atoms with Crippen LogP contribution in [0.25, 0.3) is 0 Å². The lowest BCUT2D eigenvalue weighted by Crippen LogP contribution is -2.52. The quantitative estimate of drug-likeness (QED) is 0.767. The number of Topliss-reactive ketones (excluding diaryl/α,β-unsaturated/α-hetero) is 1. The summed E-state index contributed by atoms with van der Waals surface area (Å²) in [5.41, 5.74) is 2.36. The van der Waals surface area contributed by atoms with Gasteiger partial charge in [0.25, 0.3) is 5.91 Å². The maximum atomic E-state index is 12.5. The number of amides is 3. The van der Waals surface area contributed by atoms with Gasteiger partial charge in [0.2, 0.25) is 11.8 Å². The number of fused-ring (bicyclic) bond motifs is 1. The predicted octanol–water partition coefficient (Wildman–Crippen LogP) is -0.163. The van der Waals surface area contributed by atoms with Gasteiger partial charge < -0.3 is 9.80 Å². The third-order valence-corrected chi connectivity index (χ3v) is 4.61. The lowest BCUT2D eigenvalue weighted by Gasteiger charge is -2.31. The van der Waals surface area contributed by atoms with E-state index >= 15 is 0 Å². The van der Waals surface area contributed by atoms with E-state index in [1.165, 1.54) is 4.90 Å². The topological polar surface area (TPSA) is 86.8 Å². The number of anilines is 1. The Morgan fingerprint density at radius 2 is 1.83 bits per heavy atom. The zero-order valence-electron chi connectivity index (χ0n) is 12.4. The maximum Gasteiger partial charge on any atom is 0.255 e. The largest absolute Gasteiger partial charge is 0.357 e. The van der Waals surface area contributed by atoms with E-state index in [-0.39, 0.29) is 24.0 Å². The second kappa shape index (κ2) is 4.91.